The van der Waals surface area contributed by atoms with Crippen LogP contribution in [0.25, 0.3) is 11.0 Å². The zero-order chi connectivity index (χ0) is 15.0. The van der Waals surface area contributed by atoms with Gasteiger partial charge in [0.2, 0.25) is 0 Å². The van der Waals surface area contributed by atoms with Crippen LogP contribution in [-0.4, -0.2) is 25.4 Å². The fraction of sp³-hybridized carbons (Fsp3) is 0.571. The maximum Gasteiger partial charge on any atom is 0.332 e. The molecule has 0 saturated heterocycles. The summed E-state index contributed by atoms with van der Waals surface area (Å²) in [5.74, 6) is 0. The molecule has 0 spiro atoms. The molecule has 0 amide bonds. The largest absolute Gasteiger partial charge is 0.380 e. The van der Waals surface area contributed by atoms with Crippen molar-refractivity contribution >= 4 is 16.7 Å². The summed E-state index contributed by atoms with van der Waals surface area (Å²) < 4.78 is 2.46. The van der Waals surface area contributed by atoms with Gasteiger partial charge in [0.1, 0.15) is 5.39 Å². The van der Waals surface area contributed by atoms with E-state index in [0.717, 1.165) is 17.4 Å². The Balaban J connectivity index is 2.15. The van der Waals surface area contributed by atoms with Gasteiger partial charge < -0.3 is 5.32 Å². The zero-order valence-electron chi connectivity index (χ0n) is 12.3. The molecule has 1 aliphatic carbocycles. The summed E-state index contributed by atoms with van der Waals surface area (Å²) >= 11 is 0. The Bertz CT molecular complexity index is 786. The van der Waals surface area contributed by atoms with Gasteiger partial charge in [-0.05, 0) is 12.8 Å². The van der Waals surface area contributed by atoms with Crippen molar-refractivity contribution in [3.8, 4) is 0 Å². The van der Waals surface area contributed by atoms with Gasteiger partial charge in [-0.25, -0.2) is 4.79 Å². The molecule has 0 aromatic carbocycles. The predicted octanol–water partition coefficient (Wildman–Crippen LogP) is 0.772. The fourth-order valence-corrected chi connectivity index (χ4v) is 2.97. The van der Waals surface area contributed by atoms with Crippen LogP contribution in [0, 0.1) is 0 Å². The molecule has 112 valence electrons. The van der Waals surface area contributed by atoms with Crippen LogP contribution in [0.5, 0.6) is 0 Å². The predicted molar refractivity (Wildman–Crippen MR) is 80.5 cm³/mol. The fourth-order valence-electron chi connectivity index (χ4n) is 2.97. The van der Waals surface area contributed by atoms with Crippen LogP contribution in [0.3, 0.4) is 0 Å². The van der Waals surface area contributed by atoms with Crippen molar-refractivity contribution in [2.45, 2.75) is 38.1 Å². The van der Waals surface area contributed by atoms with Crippen LogP contribution in [-0.2, 0) is 14.1 Å². The van der Waals surface area contributed by atoms with E-state index >= 15 is 0 Å². The normalized spacial score (nSPS) is 16.3. The number of anilines is 1. The third-order valence-corrected chi connectivity index (χ3v) is 4.21. The first-order chi connectivity index (χ1) is 10.1. The maximum absolute atomic E-state index is 12.4. The number of fused-ring (bicyclic) bond motifs is 1. The lowest BCUT2D eigenvalue weighted by Gasteiger charge is -2.24. The van der Waals surface area contributed by atoms with Crippen molar-refractivity contribution in [2.24, 2.45) is 14.1 Å². The topological polar surface area (TPSA) is 81.8 Å². The standard InChI is InChI=1S/C14H19N5O2/c1-18-12-11(13(20)19(2)14(18)21)10(8-15-17-12)16-9-6-4-3-5-7-9/h8-9H,3-7H2,1-2H3,(H,16,17). The van der Waals surface area contributed by atoms with E-state index in [1.54, 1.807) is 13.2 Å². The van der Waals surface area contributed by atoms with Crippen LogP contribution < -0.4 is 16.6 Å². The molecule has 21 heavy (non-hydrogen) atoms. The van der Waals surface area contributed by atoms with Crippen molar-refractivity contribution in [1.29, 1.82) is 0 Å². The molecule has 7 heteroatoms. The highest BCUT2D eigenvalue weighted by Gasteiger charge is 2.18. The Morgan fingerprint density at radius 1 is 1.14 bits per heavy atom. The van der Waals surface area contributed by atoms with Gasteiger partial charge in [-0.1, -0.05) is 19.3 Å². The van der Waals surface area contributed by atoms with E-state index in [4.69, 9.17) is 0 Å². The quantitative estimate of drug-likeness (QED) is 0.883. The van der Waals surface area contributed by atoms with Crippen LogP contribution in [0.15, 0.2) is 15.8 Å². The van der Waals surface area contributed by atoms with Gasteiger partial charge >= 0.3 is 5.69 Å². The van der Waals surface area contributed by atoms with Crippen molar-refractivity contribution in [2.75, 3.05) is 5.32 Å². The Labute approximate surface area is 121 Å². The summed E-state index contributed by atoms with van der Waals surface area (Å²) in [4.78, 5) is 24.3. The van der Waals surface area contributed by atoms with Gasteiger partial charge in [-0.2, -0.15) is 5.10 Å². The molecule has 3 rings (SSSR count). The van der Waals surface area contributed by atoms with E-state index in [9.17, 15) is 9.59 Å². The average Bonchev–Trinajstić information content (AvgIpc) is 2.51. The molecule has 0 aliphatic heterocycles. The van der Waals surface area contributed by atoms with Gasteiger partial charge in [-0.15, -0.1) is 5.10 Å². The maximum atomic E-state index is 12.4. The molecular weight excluding hydrogens is 270 g/mol. The molecule has 1 saturated carbocycles. The first-order valence-electron chi connectivity index (χ1n) is 7.27. The number of aromatic nitrogens is 4. The van der Waals surface area contributed by atoms with Gasteiger partial charge in [-0.3, -0.25) is 13.9 Å². The Morgan fingerprint density at radius 2 is 1.86 bits per heavy atom. The Morgan fingerprint density at radius 3 is 2.57 bits per heavy atom. The molecule has 0 atom stereocenters. The smallest absolute Gasteiger partial charge is 0.332 e. The van der Waals surface area contributed by atoms with Crippen LogP contribution >= 0.6 is 0 Å². The number of aryl methyl sites for hydroxylation is 1. The first-order valence-corrected chi connectivity index (χ1v) is 7.27. The Kier molecular flexibility index (Phi) is 3.48. The summed E-state index contributed by atoms with van der Waals surface area (Å²) in [5, 5.41) is 11.7. The van der Waals surface area contributed by atoms with Gasteiger partial charge in [0.05, 0.1) is 11.9 Å². The molecule has 0 radical (unpaired) electrons. The SMILES string of the molecule is Cn1c(=O)c2c(NC3CCCCC3)cnnc2n(C)c1=O. The van der Waals surface area contributed by atoms with E-state index in [1.165, 1.54) is 30.9 Å². The Hall–Kier alpha value is -2.18. The van der Waals surface area contributed by atoms with E-state index in [-0.39, 0.29) is 5.56 Å². The molecule has 0 unspecified atom stereocenters. The summed E-state index contributed by atoms with van der Waals surface area (Å²) in [7, 11) is 3.08. The lowest BCUT2D eigenvalue weighted by atomic mass is 9.95. The zero-order valence-corrected chi connectivity index (χ0v) is 12.3. The van der Waals surface area contributed by atoms with Gasteiger partial charge in [0, 0.05) is 20.1 Å². The number of rotatable bonds is 2. The summed E-state index contributed by atoms with van der Waals surface area (Å²) in [6.45, 7) is 0. The molecule has 7 nitrogen and oxygen atoms in total. The number of hydrogen-bond acceptors (Lipinski definition) is 5. The van der Waals surface area contributed by atoms with E-state index in [1.807, 2.05) is 0 Å². The highest BCUT2D eigenvalue weighted by molar-refractivity contribution is 5.87. The van der Waals surface area contributed by atoms with Crippen molar-refractivity contribution < 1.29 is 0 Å². The molecule has 2 aromatic heterocycles. The lowest BCUT2D eigenvalue weighted by molar-refractivity contribution is 0.463. The highest BCUT2D eigenvalue weighted by atomic mass is 16.2. The van der Waals surface area contributed by atoms with E-state index < -0.39 is 5.69 Å². The molecular formula is C14H19N5O2. The minimum atomic E-state index is -0.392. The third-order valence-electron chi connectivity index (χ3n) is 4.21. The summed E-state index contributed by atoms with van der Waals surface area (Å²) in [6, 6.07) is 0.355. The molecule has 1 fully saturated rings. The molecule has 2 aromatic rings. The monoisotopic (exact) mass is 289 g/mol. The molecule has 0 bridgehead atoms. The van der Waals surface area contributed by atoms with Crippen molar-refractivity contribution in [3.05, 3.63) is 27.0 Å². The van der Waals surface area contributed by atoms with Crippen molar-refractivity contribution in [3.63, 3.8) is 0 Å². The van der Waals surface area contributed by atoms with Crippen molar-refractivity contribution in [1.82, 2.24) is 19.3 Å². The molecule has 2 heterocycles. The molecule has 1 aliphatic rings. The first kappa shape index (κ1) is 13.8. The second kappa shape index (κ2) is 5.31. The number of nitrogens with one attached hydrogen (secondary N) is 1. The second-order valence-electron chi connectivity index (χ2n) is 5.64. The van der Waals surface area contributed by atoms with Crippen LogP contribution in [0.1, 0.15) is 32.1 Å². The number of nitrogens with zero attached hydrogens (tertiary/aromatic N) is 4. The second-order valence-corrected chi connectivity index (χ2v) is 5.64. The highest BCUT2D eigenvalue weighted by Crippen LogP contribution is 2.23. The van der Waals surface area contributed by atoms with Gasteiger partial charge in [0.15, 0.2) is 5.65 Å². The van der Waals surface area contributed by atoms with Crippen LogP contribution in [0.4, 0.5) is 5.69 Å². The van der Waals surface area contributed by atoms with E-state index in [2.05, 4.69) is 15.5 Å². The summed E-state index contributed by atoms with van der Waals surface area (Å²) in [5.41, 5.74) is 0.268. The third kappa shape index (κ3) is 2.32. The lowest BCUT2D eigenvalue weighted by Crippen LogP contribution is -2.38. The minimum absolute atomic E-state index is 0.323. The van der Waals surface area contributed by atoms with E-state index in [0.29, 0.717) is 22.8 Å². The number of hydrogen-bond donors (Lipinski definition) is 1. The average molecular weight is 289 g/mol. The minimum Gasteiger partial charge on any atom is -0.380 e. The molecule has 1 N–H and O–H groups in total. The van der Waals surface area contributed by atoms with Crippen LogP contribution in [0.2, 0.25) is 0 Å². The van der Waals surface area contributed by atoms with Gasteiger partial charge in [0.25, 0.3) is 5.56 Å². The summed E-state index contributed by atoms with van der Waals surface area (Å²) in [6.07, 6.45) is 7.42.